The number of aromatic nitrogens is 5. The second-order valence-corrected chi connectivity index (χ2v) is 8.52. The Morgan fingerprint density at radius 3 is 2.50 bits per heavy atom. The van der Waals surface area contributed by atoms with Crippen LogP contribution < -0.4 is 5.73 Å². The van der Waals surface area contributed by atoms with E-state index >= 15 is 0 Å². The molecule has 2 N–H and O–H groups in total. The number of hydrogen-bond donors (Lipinski definition) is 1. The number of imidazole rings is 1. The molecule has 1 aliphatic carbocycles. The predicted octanol–water partition coefficient (Wildman–Crippen LogP) is 3.74. The van der Waals surface area contributed by atoms with E-state index < -0.39 is 0 Å². The summed E-state index contributed by atoms with van der Waals surface area (Å²) in [5.74, 6) is 2.28. The largest absolute Gasteiger partial charge is 0.372 e. The zero-order valence-corrected chi connectivity index (χ0v) is 21.5. The van der Waals surface area contributed by atoms with Crippen molar-refractivity contribution in [3.8, 4) is 22.6 Å². The van der Waals surface area contributed by atoms with Gasteiger partial charge < -0.3 is 10.5 Å². The molecule has 0 unspecified atom stereocenters. The number of aryl methyl sites for hydroxylation is 1. The number of carbonyl (C=O) groups is 2. The first-order valence-corrected chi connectivity index (χ1v) is 12.3. The van der Waals surface area contributed by atoms with Crippen molar-refractivity contribution in [3.63, 3.8) is 0 Å². The SMILES string of the molecule is CC.Cc1ccc(-c2nc3n(n2)CCN(C)C3)cc1-c1cnc2ccccn12.NC=O.O=CC1CC1. The molecule has 190 valence electrons. The molecule has 0 atom stereocenters. The first kappa shape index (κ1) is 26.7. The van der Waals surface area contributed by atoms with E-state index in [1.54, 1.807) is 0 Å². The number of likely N-dealkylation sites (N-methyl/N-ethyl adjacent to an activating group) is 1. The summed E-state index contributed by atoms with van der Waals surface area (Å²) in [6, 6.07) is 12.5. The third-order valence-corrected chi connectivity index (χ3v) is 5.86. The van der Waals surface area contributed by atoms with Crippen LogP contribution in [0.3, 0.4) is 0 Å². The van der Waals surface area contributed by atoms with Crippen molar-refractivity contribution in [1.29, 1.82) is 0 Å². The molecular formula is C27H35N7O2. The Balaban J connectivity index is 0.000000309. The van der Waals surface area contributed by atoms with E-state index in [1.807, 2.05) is 49.1 Å². The molecule has 2 aliphatic rings. The van der Waals surface area contributed by atoms with E-state index in [1.165, 1.54) is 5.56 Å². The van der Waals surface area contributed by atoms with Crippen LogP contribution in [0, 0.1) is 12.8 Å². The molecule has 4 aromatic rings. The van der Waals surface area contributed by atoms with Crippen LogP contribution in [0.2, 0.25) is 0 Å². The zero-order chi connectivity index (χ0) is 26.1. The minimum absolute atomic E-state index is 0.250. The summed E-state index contributed by atoms with van der Waals surface area (Å²) in [7, 11) is 2.12. The van der Waals surface area contributed by atoms with Crippen LogP contribution >= 0.6 is 0 Å². The molecule has 0 radical (unpaired) electrons. The molecule has 0 spiro atoms. The molecule has 1 aliphatic heterocycles. The molecule has 9 nitrogen and oxygen atoms in total. The van der Waals surface area contributed by atoms with Gasteiger partial charge in [-0.05, 0) is 50.6 Å². The molecule has 9 heteroatoms. The van der Waals surface area contributed by atoms with Gasteiger partial charge in [-0.3, -0.25) is 14.1 Å². The third kappa shape index (κ3) is 6.42. The number of benzene rings is 1. The normalized spacial score (nSPS) is 14.2. The summed E-state index contributed by atoms with van der Waals surface area (Å²) in [5, 5.41) is 4.73. The Labute approximate surface area is 212 Å². The number of primary amides is 1. The van der Waals surface area contributed by atoms with Gasteiger partial charge in [0.2, 0.25) is 6.41 Å². The lowest BCUT2D eigenvalue weighted by molar-refractivity contribution is -0.109. The Kier molecular flexibility index (Phi) is 9.46. The fraction of sp³-hybridized carbons (Fsp3) is 0.370. The monoisotopic (exact) mass is 489 g/mol. The van der Waals surface area contributed by atoms with Gasteiger partial charge in [-0.25, -0.2) is 14.6 Å². The molecule has 3 aromatic heterocycles. The standard InChI is InChI=1S/C20H20N6.C4H6O.C2H6.CH3NO/c1-14-6-7-15(20-22-19-13-24(2)9-10-26(19)23-20)11-16(14)17-12-21-18-5-3-4-8-25(17)18;5-3-4-1-2-4;1-2;2-1-3/h3-8,11-12H,9-10,13H2,1-2H3;3-4H,1-2H2;1-2H3;1H,(H2,2,3). The van der Waals surface area contributed by atoms with Crippen molar-refractivity contribution in [3.05, 3.63) is 60.2 Å². The van der Waals surface area contributed by atoms with E-state index in [4.69, 9.17) is 14.9 Å². The second-order valence-electron chi connectivity index (χ2n) is 8.52. The number of hydrogen-bond acceptors (Lipinski definition) is 6. The maximum atomic E-state index is 9.57. The van der Waals surface area contributed by atoms with E-state index in [2.05, 4.69) is 52.2 Å². The fourth-order valence-corrected chi connectivity index (χ4v) is 3.78. The number of nitrogens with two attached hydrogens (primary N) is 1. The Morgan fingerprint density at radius 2 is 1.83 bits per heavy atom. The Hall–Kier alpha value is -3.85. The van der Waals surface area contributed by atoms with Crippen LogP contribution in [-0.4, -0.2) is 55.3 Å². The Morgan fingerprint density at radius 1 is 1.08 bits per heavy atom. The van der Waals surface area contributed by atoms with Gasteiger partial charge in [-0.2, -0.15) is 5.10 Å². The number of rotatable bonds is 3. The second kappa shape index (κ2) is 12.7. The molecule has 1 aromatic carbocycles. The molecule has 1 fully saturated rings. The highest BCUT2D eigenvalue weighted by molar-refractivity contribution is 5.72. The average molecular weight is 490 g/mol. The van der Waals surface area contributed by atoms with Crippen molar-refractivity contribution in [1.82, 2.24) is 29.0 Å². The quantitative estimate of drug-likeness (QED) is 0.439. The summed E-state index contributed by atoms with van der Waals surface area (Å²) < 4.78 is 4.15. The fourth-order valence-electron chi connectivity index (χ4n) is 3.78. The number of carbonyl (C=O) groups excluding carboxylic acids is 2. The molecule has 4 heterocycles. The van der Waals surface area contributed by atoms with Gasteiger partial charge in [0, 0.05) is 29.8 Å². The van der Waals surface area contributed by atoms with E-state index in [0.717, 1.165) is 72.9 Å². The van der Waals surface area contributed by atoms with Gasteiger partial charge in [0.1, 0.15) is 17.8 Å². The van der Waals surface area contributed by atoms with Gasteiger partial charge in [0.15, 0.2) is 5.82 Å². The smallest absolute Gasteiger partial charge is 0.204 e. The topological polar surface area (TPSA) is 111 Å². The average Bonchev–Trinajstić information content (AvgIpc) is 3.51. The van der Waals surface area contributed by atoms with Crippen LogP contribution in [0.25, 0.3) is 28.3 Å². The minimum atomic E-state index is 0.250. The van der Waals surface area contributed by atoms with E-state index in [9.17, 15) is 4.79 Å². The number of aldehydes is 1. The molecule has 6 rings (SSSR count). The summed E-state index contributed by atoms with van der Waals surface area (Å²) >= 11 is 0. The third-order valence-electron chi connectivity index (χ3n) is 5.86. The van der Waals surface area contributed by atoms with Gasteiger partial charge in [-0.15, -0.1) is 0 Å². The van der Waals surface area contributed by atoms with Gasteiger partial charge in [0.25, 0.3) is 0 Å². The Bertz CT molecular complexity index is 1290. The van der Waals surface area contributed by atoms with Crippen LogP contribution in [0.15, 0.2) is 48.8 Å². The van der Waals surface area contributed by atoms with Crippen molar-refractivity contribution in [2.75, 3.05) is 13.6 Å². The maximum Gasteiger partial charge on any atom is 0.204 e. The predicted molar refractivity (Wildman–Crippen MR) is 141 cm³/mol. The molecule has 0 saturated heterocycles. The van der Waals surface area contributed by atoms with Crippen LogP contribution in [0.5, 0.6) is 0 Å². The van der Waals surface area contributed by atoms with Crippen LogP contribution in [0.1, 0.15) is 38.1 Å². The maximum absolute atomic E-state index is 9.57. The van der Waals surface area contributed by atoms with Crippen molar-refractivity contribution in [2.45, 2.75) is 46.7 Å². The highest BCUT2D eigenvalue weighted by Gasteiger charge is 2.19. The summed E-state index contributed by atoms with van der Waals surface area (Å²) in [5.41, 5.74) is 9.62. The number of amides is 1. The molecule has 1 amide bonds. The number of pyridine rings is 1. The van der Waals surface area contributed by atoms with Crippen LogP contribution in [-0.2, 0) is 22.7 Å². The minimum Gasteiger partial charge on any atom is -0.372 e. The van der Waals surface area contributed by atoms with Crippen molar-refractivity contribution >= 4 is 18.3 Å². The number of nitrogens with zero attached hydrogens (tertiary/aromatic N) is 6. The molecule has 0 bridgehead atoms. The van der Waals surface area contributed by atoms with Gasteiger partial charge >= 0.3 is 0 Å². The highest BCUT2D eigenvalue weighted by Crippen LogP contribution is 2.29. The molecule has 36 heavy (non-hydrogen) atoms. The summed E-state index contributed by atoms with van der Waals surface area (Å²) in [6.07, 6.45) is 7.54. The van der Waals surface area contributed by atoms with Gasteiger partial charge in [0.05, 0.1) is 25.0 Å². The van der Waals surface area contributed by atoms with Crippen LogP contribution in [0.4, 0.5) is 0 Å². The number of fused-ring (bicyclic) bond motifs is 2. The first-order chi connectivity index (χ1) is 17.5. The lowest BCUT2D eigenvalue weighted by Crippen LogP contribution is -2.30. The van der Waals surface area contributed by atoms with Gasteiger partial charge in [-0.1, -0.05) is 32.0 Å². The van der Waals surface area contributed by atoms with E-state index in [-0.39, 0.29) is 6.41 Å². The summed E-state index contributed by atoms with van der Waals surface area (Å²) in [6.45, 7) is 8.88. The zero-order valence-electron chi connectivity index (χ0n) is 21.5. The van der Waals surface area contributed by atoms with E-state index in [0.29, 0.717) is 5.92 Å². The molecule has 1 saturated carbocycles. The summed E-state index contributed by atoms with van der Waals surface area (Å²) in [4.78, 5) is 29.7. The first-order valence-electron chi connectivity index (χ1n) is 12.3. The van der Waals surface area contributed by atoms with Crippen molar-refractivity contribution < 1.29 is 9.59 Å². The lowest BCUT2D eigenvalue weighted by atomic mass is 10.0. The highest BCUT2D eigenvalue weighted by atomic mass is 16.1. The molecular weight excluding hydrogens is 454 g/mol. The lowest BCUT2D eigenvalue weighted by Gasteiger charge is -2.21. The van der Waals surface area contributed by atoms with Crippen molar-refractivity contribution in [2.24, 2.45) is 11.7 Å².